The first-order chi connectivity index (χ1) is 10.8. The number of rotatable bonds is 10. The second kappa shape index (κ2) is 8.81. The van der Waals surface area contributed by atoms with Crippen LogP contribution in [-0.4, -0.2) is 46.6 Å². The van der Waals surface area contributed by atoms with Gasteiger partial charge in [-0.2, -0.15) is 0 Å². The van der Waals surface area contributed by atoms with Crippen molar-refractivity contribution < 1.29 is 19.7 Å². The maximum Gasteiger partial charge on any atom is 0.244 e. The maximum atomic E-state index is 12.0. The van der Waals surface area contributed by atoms with Crippen molar-refractivity contribution >= 4 is 5.91 Å². The Balaban J connectivity index is 2.49. The number of ether oxygens (including phenoxy) is 1. The second-order valence-corrected chi connectivity index (χ2v) is 7.01. The van der Waals surface area contributed by atoms with Crippen LogP contribution in [0.1, 0.15) is 53.9 Å². The number of nitrogens with one attached hydrogen (secondary N) is 1. The predicted molar refractivity (Wildman–Crippen MR) is 91.0 cm³/mol. The summed E-state index contributed by atoms with van der Waals surface area (Å²) < 4.78 is 5.73. The molecule has 6 unspecified atom stereocenters. The van der Waals surface area contributed by atoms with Crippen LogP contribution < -0.4 is 5.32 Å². The molecule has 1 amide bonds. The Bertz CT molecular complexity index is 412. The van der Waals surface area contributed by atoms with E-state index in [-0.39, 0.29) is 42.6 Å². The molecular formula is C18H33NO4. The molecule has 134 valence electrons. The van der Waals surface area contributed by atoms with Gasteiger partial charge in [0.1, 0.15) is 5.60 Å². The van der Waals surface area contributed by atoms with Gasteiger partial charge in [0, 0.05) is 6.08 Å². The van der Waals surface area contributed by atoms with E-state index < -0.39 is 5.60 Å². The van der Waals surface area contributed by atoms with Crippen molar-refractivity contribution in [2.24, 2.45) is 11.8 Å². The van der Waals surface area contributed by atoms with E-state index in [1.807, 2.05) is 27.7 Å². The molecule has 1 rings (SSSR count). The van der Waals surface area contributed by atoms with Crippen LogP contribution in [0.4, 0.5) is 0 Å². The van der Waals surface area contributed by atoms with Gasteiger partial charge < -0.3 is 20.3 Å². The molecule has 1 heterocycles. The highest BCUT2D eigenvalue weighted by molar-refractivity contribution is 5.88. The molecule has 1 fully saturated rings. The highest BCUT2D eigenvalue weighted by atomic mass is 16.6. The molecule has 3 N–H and O–H groups in total. The molecule has 5 nitrogen and oxygen atoms in total. The first kappa shape index (κ1) is 20.1. The molecule has 0 aromatic carbocycles. The minimum atomic E-state index is -0.435. The largest absolute Gasteiger partial charge is 0.394 e. The summed E-state index contributed by atoms with van der Waals surface area (Å²) in [5, 5.41) is 21.9. The van der Waals surface area contributed by atoms with Crippen molar-refractivity contribution in [3.05, 3.63) is 12.2 Å². The maximum absolute atomic E-state index is 12.0. The molecule has 1 saturated heterocycles. The fourth-order valence-electron chi connectivity index (χ4n) is 2.90. The van der Waals surface area contributed by atoms with Gasteiger partial charge in [0.05, 0.1) is 24.9 Å². The molecule has 1 aliphatic heterocycles. The predicted octanol–water partition coefficient (Wildman–Crippen LogP) is 2.02. The van der Waals surface area contributed by atoms with Crippen molar-refractivity contribution in [3.8, 4) is 0 Å². The molecule has 0 aromatic heterocycles. The zero-order chi connectivity index (χ0) is 17.6. The van der Waals surface area contributed by atoms with Crippen LogP contribution in [-0.2, 0) is 9.53 Å². The molecule has 5 heteroatoms. The minimum Gasteiger partial charge on any atom is -0.394 e. The van der Waals surface area contributed by atoms with Crippen molar-refractivity contribution in [3.63, 3.8) is 0 Å². The minimum absolute atomic E-state index is 0.0379. The van der Waals surface area contributed by atoms with Crippen LogP contribution in [0.15, 0.2) is 12.2 Å². The molecule has 0 aliphatic carbocycles. The summed E-state index contributed by atoms with van der Waals surface area (Å²) in [6, 6.07) is -0.223. The molecule has 6 atom stereocenters. The van der Waals surface area contributed by atoms with Crippen LogP contribution in [0.3, 0.4) is 0 Å². The topological polar surface area (TPSA) is 82.1 Å². The summed E-state index contributed by atoms with van der Waals surface area (Å²) in [5.74, 6) is 0.266. The normalized spacial score (nSPS) is 29.1. The summed E-state index contributed by atoms with van der Waals surface area (Å²) in [7, 11) is 0. The number of aliphatic hydroxyl groups is 2. The first-order valence-corrected chi connectivity index (χ1v) is 8.73. The van der Waals surface area contributed by atoms with Crippen LogP contribution in [0.25, 0.3) is 0 Å². The van der Waals surface area contributed by atoms with E-state index in [9.17, 15) is 15.0 Å². The molecule has 0 saturated carbocycles. The Morgan fingerprint density at radius 1 is 1.35 bits per heavy atom. The van der Waals surface area contributed by atoms with Gasteiger partial charge >= 0.3 is 0 Å². The highest BCUT2D eigenvalue weighted by Crippen LogP contribution is 2.43. The van der Waals surface area contributed by atoms with E-state index >= 15 is 0 Å². The van der Waals surface area contributed by atoms with Crippen LogP contribution in [0.2, 0.25) is 0 Å². The first-order valence-electron chi connectivity index (χ1n) is 8.73. The van der Waals surface area contributed by atoms with Crippen LogP contribution in [0, 0.1) is 11.8 Å². The second-order valence-electron chi connectivity index (χ2n) is 7.01. The highest BCUT2D eigenvalue weighted by Gasteiger charge is 2.53. The van der Waals surface area contributed by atoms with Crippen molar-refractivity contribution in [1.82, 2.24) is 5.32 Å². The van der Waals surface area contributed by atoms with Gasteiger partial charge in [0.2, 0.25) is 5.91 Å². The summed E-state index contributed by atoms with van der Waals surface area (Å²) >= 11 is 0. The lowest BCUT2D eigenvalue weighted by atomic mass is 9.91. The zero-order valence-corrected chi connectivity index (χ0v) is 15.1. The van der Waals surface area contributed by atoms with E-state index in [1.165, 1.54) is 6.08 Å². The Morgan fingerprint density at radius 3 is 2.52 bits per heavy atom. The van der Waals surface area contributed by atoms with Crippen molar-refractivity contribution in [2.75, 3.05) is 6.61 Å². The monoisotopic (exact) mass is 327 g/mol. The lowest BCUT2D eigenvalue weighted by molar-refractivity contribution is -0.117. The van der Waals surface area contributed by atoms with Gasteiger partial charge in [-0.25, -0.2) is 0 Å². The molecule has 0 spiro atoms. The average Bonchev–Trinajstić information content (AvgIpc) is 3.22. The Hall–Kier alpha value is -0.910. The summed E-state index contributed by atoms with van der Waals surface area (Å²) in [4.78, 5) is 12.0. The number of amides is 1. The molecular weight excluding hydrogens is 294 g/mol. The van der Waals surface area contributed by atoms with Gasteiger partial charge in [0.15, 0.2) is 0 Å². The van der Waals surface area contributed by atoms with E-state index in [1.54, 1.807) is 6.08 Å². The van der Waals surface area contributed by atoms with Gasteiger partial charge in [0.25, 0.3) is 0 Å². The third-order valence-corrected chi connectivity index (χ3v) is 4.94. The molecule has 0 bridgehead atoms. The van der Waals surface area contributed by atoms with Gasteiger partial charge in [-0.1, -0.05) is 34.1 Å². The number of hydrogen-bond donors (Lipinski definition) is 3. The van der Waals surface area contributed by atoms with E-state index in [0.717, 1.165) is 12.8 Å². The molecule has 1 aliphatic rings. The lowest BCUT2D eigenvalue weighted by Crippen LogP contribution is -2.41. The Labute approximate surface area is 140 Å². The third-order valence-electron chi connectivity index (χ3n) is 4.94. The summed E-state index contributed by atoms with van der Waals surface area (Å²) in [6.45, 7) is 9.96. The van der Waals surface area contributed by atoms with E-state index in [2.05, 4.69) is 12.2 Å². The quantitative estimate of drug-likeness (QED) is 0.423. The zero-order valence-electron chi connectivity index (χ0n) is 15.1. The van der Waals surface area contributed by atoms with Gasteiger partial charge in [-0.05, 0) is 37.7 Å². The standard InChI is InChI=1S/C18H33NO4/c1-6-12(3)15(11-20)19-16(22)8-9-18(5)17(23-18)13(4)10-14(21)7-2/h8-9,12-15,17,20-21H,6-7,10-11H2,1-5H3,(H,19,22). The number of carbonyl (C=O) groups excluding carboxylic acids is 1. The molecule has 0 aromatic rings. The van der Waals surface area contributed by atoms with Gasteiger partial charge in [-0.15, -0.1) is 0 Å². The van der Waals surface area contributed by atoms with E-state index in [0.29, 0.717) is 6.42 Å². The number of epoxide rings is 1. The average molecular weight is 327 g/mol. The Kier molecular flexibility index (Phi) is 7.71. The molecule has 0 radical (unpaired) electrons. The summed E-state index contributed by atoms with van der Waals surface area (Å²) in [5.41, 5.74) is -0.435. The summed E-state index contributed by atoms with van der Waals surface area (Å²) in [6.07, 6.45) is 5.36. The number of hydrogen-bond acceptors (Lipinski definition) is 4. The number of carbonyl (C=O) groups is 1. The number of aliphatic hydroxyl groups excluding tert-OH is 2. The van der Waals surface area contributed by atoms with Crippen molar-refractivity contribution in [1.29, 1.82) is 0 Å². The molecule has 23 heavy (non-hydrogen) atoms. The van der Waals surface area contributed by atoms with E-state index in [4.69, 9.17) is 4.74 Å². The van der Waals surface area contributed by atoms with Crippen LogP contribution >= 0.6 is 0 Å². The fourth-order valence-corrected chi connectivity index (χ4v) is 2.90. The SMILES string of the molecule is CCC(O)CC(C)C1OC1(C)C=CC(=O)NC(CO)C(C)CC. The fraction of sp³-hybridized carbons (Fsp3) is 0.833. The smallest absolute Gasteiger partial charge is 0.244 e. The van der Waals surface area contributed by atoms with Crippen LogP contribution in [0.5, 0.6) is 0 Å². The van der Waals surface area contributed by atoms with Gasteiger partial charge in [-0.3, -0.25) is 4.79 Å². The Morgan fingerprint density at radius 2 is 2.00 bits per heavy atom. The van der Waals surface area contributed by atoms with Crippen molar-refractivity contribution in [2.45, 2.75) is 77.7 Å². The third kappa shape index (κ3) is 5.90. The lowest BCUT2D eigenvalue weighted by Gasteiger charge is -2.21.